The van der Waals surface area contributed by atoms with Crippen molar-refractivity contribution < 1.29 is 19.6 Å². The summed E-state index contributed by atoms with van der Waals surface area (Å²) in [5.74, 6) is -1.02. The Balaban J connectivity index is 3.28. The van der Waals surface area contributed by atoms with Gasteiger partial charge in [-0.1, -0.05) is 6.92 Å². The van der Waals surface area contributed by atoms with Gasteiger partial charge in [-0.25, -0.2) is 9.78 Å². The van der Waals surface area contributed by atoms with Gasteiger partial charge in [-0.3, -0.25) is 10.1 Å². The second kappa shape index (κ2) is 7.53. The van der Waals surface area contributed by atoms with E-state index in [-0.39, 0.29) is 23.1 Å². The van der Waals surface area contributed by atoms with Crippen molar-refractivity contribution in [2.75, 3.05) is 25.2 Å². The highest BCUT2D eigenvalue weighted by atomic mass is 16.6. The molecule has 0 aromatic carbocycles. The number of hydrogen-bond donors (Lipinski definition) is 1. The van der Waals surface area contributed by atoms with E-state index in [4.69, 9.17) is 4.74 Å². The summed E-state index contributed by atoms with van der Waals surface area (Å²) < 4.78 is 5.03. The Bertz CT molecular complexity index is 521. The minimum atomic E-state index is -1.24. The molecule has 0 bridgehead atoms. The summed E-state index contributed by atoms with van der Waals surface area (Å²) >= 11 is 0. The summed E-state index contributed by atoms with van der Waals surface area (Å²) in [6.45, 7) is 4.76. The topological polar surface area (TPSA) is 106 Å². The molecule has 21 heavy (non-hydrogen) atoms. The molecule has 0 aliphatic rings. The SMILES string of the molecule is CCC(C)N(CCOC)c1ncc([N+](=O)[O-])cc1C(=O)O. The Morgan fingerprint density at radius 2 is 2.29 bits per heavy atom. The number of ether oxygens (including phenoxy) is 1. The standard InChI is InChI=1S/C13H19N3O5/c1-4-9(2)15(5-6-21-3)12-11(13(17)18)7-10(8-14-12)16(19)20/h7-9H,4-6H2,1-3H3,(H,17,18). The smallest absolute Gasteiger partial charge is 0.339 e. The van der Waals surface area contributed by atoms with E-state index in [1.54, 1.807) is 12.0 Å². The molecule has 1 aromatic heterocycles. The molecule has 0 amide bonds. The predicted molar refractivity (Wildman–Crippen MR) is 76.8 cm³/mol. The summed E-state index contributed by atoms with van der Waals surface area (Å²) in [6, 6.07) is 1.07. The van der Waals surface area contributed by atoms with Crippen LogP contribution in [0.3, 0.4) is 0 Å². The van der Waals surface area contributed by atoms with Crippen LogP contribution >= 0.6 is 0 Å². The fraction of sp³-hybridized carbons (Fsp3) is 0.538. The van der Waals surface area contributed by atoms with Gasteiger partial charge in [-0.05, 0) is 13.3 Å². The Hall–Kier alpha value is -2.22. The van der Waals surface area contributed by atoms with E-state index in [0.717, 1.165) is 18.7 Å². The molecule has 1 heterocycles. The second-order valence-corrected chi connectivity index (χ2v) is 4.57. The monoisotopic (exact) mass is 297 g/mol. The molecule has 0 saturated heterocycles. The number of aromatic nitrogens is 1. The van der Waals surface area contributed by atoms with Gasteiger partial charge in [-0.2, -0.15) is 0 Å². The summed E-state index contributed by atoms with van der Waals surface area (Å²) in [5, 5.41) is 20.0. The Kier molecular flexibility index (Phi) is 6.04. The van der Waals surface area contributed by atoms with Gasteiger partial charge in [0.1, 0.15) is 17.6 Å². The summed E-state index contributed by atoms with van der Waals surface area (Å²) in [4.78, 5) is 27.2. The lowest BCUT2D eigenvalue weighted by Crippen LogP contribution is -2.37. The molecule has 1 atom stereocenters. The zero-order valence-electron chi connectivity index (χ0n) is 12.3. The van der Waals surface area contributed by atoms with Crippen molar-refractivity contribution >= 4 is 17.5 Å². The second-order valence-electron chi connectivity index (χ2n) is 4.57. The van der Waals surface area contributed by atoms with E-state index in [2.05, 4.69) is 4.98 Å². The quantitative estimate of drug-likeness (QED) is 0.577. The lowest BCUT2D eigenvalue weighted by Gasteiger charge is -2.30. The molecule has 0 radical (unpaired) electrons. The van der Waals surface area contributed by atoms with Crippen molar-refractivity contribution in [2.45, 2.75) is 26.3 Å². The fourth-order valence-electron chi connectivity index (χ4n) is 1.88. The molecular formula is C13H19N3O5. The molecule has 8 heteroatoms. The number of nitro groups is 1. The molecule has 0 fully saturated rings. The molecule has 0 aliphatic heterocycles. The van der Waals surface area contributed by atoms with E-state index in [0.29, 0.717) is 13.2 Å². The van der Waals surface area contributed by atoms with Crippen LogP contribution in [-0.4, -0.2) is 47.3 Å². The van der Waals surface area contributed by atoms with Crippen LogP contribution in [0.2, 0.25) is 0 Å². The first-order valence-corrected chi connectivity index (χ1v) is 6.55. The number of methoxy groups -OCH3 is 1. The Morgan fingerprint density at radius 1 is 1.62 bits per heavy atom. The molecule has 1 unspecified atom stereocenters. The number of carboxylic acids is 1. The molecule has 8 nitrogen and oxygen atoms in total. The van der Waals surface area contributed by atoms with Crippen LogP contribution in [0.25, 0.3) is 0 Å². The molecular weight excluding hydrogens is 278 g/mol. The van der Waals surface area contributed by atoms with Gasteiger partial charge in [0.05, 0.1) is 11.5 Å². The Labute approximate surface area is 122 Å². The molecule has 1 aromatic rings. The highest BCUT2D eigenvalue weighted by molar-refractivity contribution is 5.94. The van der Waals surface area contributed by atoms with Gasteiger partial charge < -0.3 is 14.7 Å². The number of rotatable bonds is 8. The lowest BCUT2D eigenvalue weighted by molar-refractivity contribution is -0.385. The minimum absolute atomic E-state index is 0.0345. The van der Waals surface area contributed by atoms with Gasteiger partial charge in [0, 0.05) is 25.8 Å². The average molecular weight is 297 g/mol. The minimum Gasteiger partial charge on any atom is -0.478 e. The summed E-state index contributed by atoms with van der Waals surface area (Å²) in [5.41, 5.74) is -0.521. The fourth-order valence-corrected chi connectivity index (χ4v) is 1.88. The summed E-state index contributed by atoms with van der Waals surface area (Å²) in [7, 11) is 1.55. The van der Waals surface area contributed by atoms with Crippen LogP contribution in [0.1, 0.15) is 30.6 Å². The number of aromatic carboxylic acids is 1. The van der Waals surface area contributed by atoms with Crippen LogP contribution in [0, 0.1) is 10.1 Å². The van der Waals surface area contributed by atoms with E-state index < -0.39 is 10.9 Å². The van der Waals surface area contributed by atoms with Gasteiger partial charge in [-0.15, -0.1) is 0 Å². The van der Waals surface area contributed by atoms with Crippen molar-refractivity contribution in [3.63, 3.8) is 0 Å². The van der Waals surface area contributed by atoms with Crippen molar-refractivity contribution in [1.82, 2.24) is 4.98 Å². The Morgan fingerprint density at radius 3 is 2.76 bits per heavy atom. The van der Waals surface area contributed by atoms with Crippen LogP contribution in [0.5, 0.6) is 0 Å². The molecule has 116 valence electrons. The molecule has 1 rings (SSSR count). The third kappa shape index (κ3) is 4.12. The van der Waals surface area contributed by atoms with E-state index in [9.17, 15) is 20.0 Å². The van der Waals surface area contributed by atoms with Gasteiger partial charge in [0.25, 0.3) is 5.69 Å². The first-order valence-electron chi connectivity index (χ1n) is 6.55. The van der Waals surface area contributed by atoms with Crippen LogP contribution < -0.4 is 4.90 Å². The van der Waals surface area contributed by atoms with Crippen molar-refractivity contribution in [1.29, 1.82) is 0 Å². The molecule has 0 aliphatic carbocycles. The highest BCUT2D eigenvalue weighted by Gasteiger charge is 2.24. The maximum atomic E-state index is 11.4. The first-order chi connectivity index (χ1) is 9.92. The first kappa shape index (κ1) is 16.8. The van der Waals surface area contributed by atoms with Crippen molar-refractivity contribution in [2.24, 2.45) is 0 Å². The van der Waals surface area contributed by atoms with Gasteiger partial charge >= 0.3 is 5.97 Å². The maximum absolute atomic E-state index is 11.4. The largest absolute Gasteiger partial charge is 0.478 e. The number of anilines is 1. The summed E-state index contributed by atoms with van der Waals surface area (Å²) in [6.07, 6.45) is 1.85. The van der Waals surface area contributed by atoms with Crippen LogP contribution in [-0.2, 0) is 4.74 Å². The zero-order valence-corrected chi connectivity index (χ0v) is 12.3. The van der Waals surface area contributed by atoms with Gasteiger partial charge in [0.15, 0.2) is 0 Å². The average Bonchev–Trinajstić information content (AvgIpc) is 2.46. The highest BCUT2D eigenvalue weighted by Crippen LogP contribution is 2.24. The van der Waals surface area contributed by atoms with Crippen LogP contribution in [0.15, 0.2) is 12.3 Å². The third-order valence-electron chi connectivity index (χ3n) is 3.22. The van der Waals surface area contributed by atoms with Crippen LogP contribution in [0.4, 0.5) is 11.5 Å². The number of carbonyl (C=O) groups is 1. The predicted octanol–water partition coefficient (Wildman–Crippen LogP) is 1.94. The van der Waals surface area contributed by atoms with Crippen molar-refractivity contribution in [3.05, 3.63) is 27.9 Å². The molecule has 0 spiro atoms. The lowest BCUT2D eigenvalue weighted by atomic mass is 10.1. The van der Waals surface area contributed by atoms with Crippen molar-refractivity contribution in [3.8, 4) is 0 Å². The number of carboxylic acid groups (broad SMARTS) is 1. The number of hydrogen-bond acceptors (Lipinski definition) is 6. The maximum Gasteiger partial charge on any atom is 0.339 e. The van der Waals surface area contributed by atoms with E-state index in [1.807, 2.05) is 13.8 Å². The third-order valence-corrected chi connectivity index (χ3v) is 3.22. The van der Waals surface area contributed by atoms with Gasteiger partial charge in [0.2, 0.25) is 0 Å². The molecule has 1 N–H and O–H groups in total. The number of nitrogens with zero attached hydrogens (tertiary/aromatic N) is 3. The zero-order chi connectivity index (χ0) is 16.0. The number of pyridine rings is 1. The van der Waals surface area contributed by atoms with E-state index in [1.165, 1.54) is 0 Å². The van der Waals surface area contributed by atoms with E-state index >= 15 is 0 Å². The normalized spacial score (nSPS) is 12.0. The molecule has 0 saturated carbocycles.